The van der Waals surface area contributed by atoms with Crippen molar-refractivity contribution in [3.8, 4) is 0 Å². The molecule has 12 heavy (non-hydrogen) atoms. The Balaban J connectivity index is 2.44. The van der Waals surface area contributed by atoms with E-state index >= 15 is 0 Å². The van der Waals surface area contributed by atoms with Crippen LogP contribution in [0.2, 0.25) is 0 Å². The summed E-state index contributed by atoms with van der Waals surface area (Å²) in [5.74, 6) is -0.974. The highest BCUT2D eigenvalue weighted by molar-refractivity contribution is 5.86. The maximum absolute atomic E-state index is 10.6. The maximum Gasteiger partial charge on any atom is 0.358 e. The second kappa shape index (κ2) is 2.58. The van der Waals surface area contributed by atoms with Crippen LogP contribution in [0.25, 0.3) is 0 Å². The Kier molecular flexibility index (Phi) is 1.56. The molecule has 0 bridgehead atoms. The number of carboxylic acids is 1. The number of hydrogen-bond acceptors (Lipinski definition) is 3. The summed E-state index contributed by atoms with van der Waals surface area (Å²) in [7, 11) is 0. The van der Waals surface area contributed by atoms with Gasteiger partial charge in [0, 0.05) is 6.54 Å². The second-order valence-electron chi connectivity index (χ2n) is 2.87. The van der Waals surface area contributed by atoms with Crippen LogP contribution in [0.15, 0.2) is 0 Å². The minimum Gasteiger partial charge on any atom is -0.476 e. The Morgan fingerprint density at radius 2 is 2.33 bits per heavy atom. The van der Waals surface area contributed by atoms with Gasteiger partial charge in [0.25, 0.3) is 0 Å². The van der Waals surface area contributed by atoms with Crippen molar-refractivity contribution in [2.45, 2.75) is 25.8 Å². The Morgan fingerprint density at radius 1 is 1.50 bits per heavy atom. The maximum atomic E-state index is 10.6. The summed E-state index contributed by atoms with van der Waals surface area (Å²) in [6.07, 6.45) is 2.89. The number of aryl methyl sites for hydroxylation is 1. The summed E-state index contributed by atoms with van der Waals surface area (Å²) >= 11 is 0. The molecule has 0 aliphatic carbocycles. The molecule has 1 N–H and O–H groups in total. The molecule has 0 amide bonds. The van der Waals surface area contributed by atoms with Crippen molar-refractivity contribution in [1.82, 2.24) is 15.0 Å². The number of aromatic nitrogens is 3. The number of rotatable bonds is 1. The lowest BCUT2D eigenvalue weighted by atomic mass is 10.1. The van der Waals surface area contributed by atoms with Gasteiger partial charge in [-0.25, -0.2) is 9.48 Å². The van der Waals surface area contributed by atoms with Gasteiger partial charge in [-0.05, 0) is 19.3 Å². The van der Waals surface area contributed by atoms with Gasteiger partial charge in [-0.15, -0.1) is 5.10 Å². The predicted molar refractivity (Wildman–Crippen MR) is 39.9 cm³/mol. The molecule has 2 heterocycles. The molecule has 1 aliphatic rings. The quantitative estimate of drug-likeness (QED) is 0.653. The van der Waals surface area contributed by atoms with Crippen LogP contribution in [-0.4, -0.2) is 26.1 Å². The number of carboxylic acid groups (broad SMARTS) is 1. The highest BCUT2D eigenvalue weighted by Gasteiger charge is 2.20. The first kappa shape index (κ1) is 7.27. The number of fused-ring (bicyclic) bond motifs is 1. The normalized spacial score (nSPS) is 15.7. The molecule has 0 saturated heterocycles. The molecular formula is C7H9N3O2. The van der Waals surface area contributed by atoms with Crippen LogP contribution in [0.3, 0.4) is 0 Å². The van der Waals surface area contributed by atoms with Gasteiger partial charge in [-0.3, -0.25) is 0 Å². The minimum absolute atomic E-state index is 0.120. The van der Waals surface area contributed by atoms with Crippen LogP contribution < -0.4 is 0 Å². The largest absolute Gasteiger partial charge is 0.476 e. The van der Waals surface area contributed by atoms with Gasteiger partial charge in [-0.2, -0.15) is 0 Å². The van der Waals surface area contributed by atoms with Gasteiger partial charge in [0.15, 0.2) is 5.69 Å². The van der Waals surface area contributed by atoms with Crippen molar-refractivity contribution in [2.24, 2.45) is 0 Å². The highest BCUT2D eigenvalue weighted by Crippen LogP contribution is 2.15. The topological polar surface area (TPSA) is 68.0 Å². The van der Waals surface area contributed by atoms with E-state index in [1.165, 1.54) is 0 Å². The molecule has 0 saturated carbocycles. The number of hydrogen-bond donors (Lipinski definition) is 1. The van der Waals surface area contributed by atoms with Crippen LogP contribution in [0.1, 0.15) is 29.0 Å². The first-order chi connectivity index (χ1) is 5.79. The van der Waals surface area contributed by atoms with Gasteiger partial charge in [0.05, 0.1) is 5.69 Å². The van der Waals surface area contributed by atoms with Crippen molar-refractivity contribution in [3.63, 3.8) is 0 Å². The van der Waals surface area contributed by atoms with Crippen molar-refractivity contribution in [3.05, 3.63) is 11.4 Å². The van der Waals surface area contributed by atoms with E-state index in [9.17, 15) is 4.79 Å². The van der Waals surface area contributed by atoms with E-state index < -0.39 is 5.97 Å². The molecule has 5 nitrogen and oxygen atoms in total. The number of aromatic carboxylic acids is 1. The van der Waals surface area contributed by atoms with Crippen LogP contribution in [0, 0.1) is 0 Å². The average Bonchev–Trinajstić information content (AvgIpc) is 2.47. The predicted octanol–water partition coefficient (Wildman–Crippen LogP) is 0.313. The lowest BCUT2D eigenvalue weighted by Gasteiger charge is -2.11. The Bertz CT molecular complexity index is 318. The third-order valence-electron chi connectivity index (χ3n) is 2.07. The van der Waals surface area contributed by atoms with E-state index in [1.54, 1.807) is 4.68 Å². The third kappa shape index (κ3) is 0.975. The summed E-state index contributed by atoms with van der Waals surface area (Å²) in [6.45, 7) is 0.801. The summed E-state index contributed by atoms with van der Waals surface area (Å²) in [5, 5.41) is 16.1. The molecule has 0 radical (unpaired) electrons. The van der Waals surface area contributed by atoms with E-state index in [0.717, 1.165) is 31.5 Å². The van der Waals surface area contributed by atoms with Gasteiger partial charge in [0.2, 0.25) is 0 Å². The van der Waals surface area contributed by atoms with E-state index in [4.69, 9.17) is 5.11 Å². The third-order valence-corrected chi connectivity index (χ3v) is 2.07. The smallest absolute Gasteiger partial charge is 0.358 e. The van der Waals surface area contributed by atoms with E-state index in [1.807, 2.05) is 0 Å². The SMILES string of the molecule is O=C(O)c1nnn2c1CCCC2. The summed E-state index contributed by atoms with van der Waals surface area (Å²) < 4.78 is 1.69. The summed E-state index contributed by atoms with van der Waals surface area (Å²) in [6, 6.07) is 0. The number of carbonyl (C=O) groups is 1. The molecule has 0 fully saturated rings. The molecule has 0 atom stereocenters. The van der Waals surface area contributed by atoms with Crippen molar-refractivity contribution in [2.75, 3.05) is 0 Å². The van der Waals surface area contributed by atoms with Crippen molar-refractivity contribution >= 4 is 5.97 Å². The Labute approximate surface area is 69.0 Å². The van der Waals surface area contributed by atoms with Crippen LogP contribution in [0.5, 0.6) is 0 Å². The number of nitrogens with zero attached hydrogens (tertiary/aromatic N) is 3. The first-order valence-corrected chi connectivity index (χ1v) is 3.94. The monoisotopic (exact) mass is 167 g/mol. The summed E-state index contributed by atoms with van der Waals surface area (Å²) in [4.78, 5) is 10.6. The van der Waals surface area contributed by atoms with Crippen LogP contribution >= 0.6 is 0 Å². The standard InChI is InChI=1S/C7H9N3O2/c11-7(12)6-5-3-1-2-4-10(5)9-8-6/h1-4H2,(H,11,12). The molecule has 64 valence electrons. The van der Waals surface area contributed by atoms with Crippen molar-refractivity contribution < 1.29 is 9.90 Å². The Hall–Kier alpha value is -1.39. The lowest BCUT2D eigenvalue weighted by molar-refractivity contribution is 0.0689. The van der Waals surface area contributed by atoms with E-state index in [0.29, 0.717) is 0 Å². The zero-order valence-corrected chi connectivity index (χ0v) is 6.53. The van der Waals surface area contributed by atoms with E-state index in [2.05, 4.69) is 10.3 Å². The van der Waals surface area contributed by atoms with Gasteiger partial charge in [-0.1, -0.05) is 5.21 Å². The first-order valence-electron chi connectivity index (χ1n) is 3.94. The van der Waals surface area contributed by atoms with Gasteiger partial charge in [0.1, 0.15) is 0 Å². The second-order valence-corrected chi connectivity index (χ2v) is 2.87. The van der Waals surface area contributed by atoms with Crippen LogP contribution in [0.4, 0.5) is 0 Å². The molecule has 2 rings (SSSR count). The fraction of sp³-hybridized carbons (Fsp3) is 0.571. The Morgan fingerprint density at radius 3 is 3.08 bits per heavy atom. The highest BCUT2D eigenvalue weighted by atomic mass is 16.4. The lowest BCUT2D eigenvalue weighted by Crippen LogP contribution is -2.13. The summed E-state index contributed by atoms with van der Waals surface area (Å²) in [5.41, 5.74) is 0.892. The fourth-order valence-electron chi connectivity index (χ4n) is 1.48. The van der Waals surface area contributed by atoms with Gasteiger partial charge < -0.3 is 5.11 Å². The molecule has 1 aromatic heterocycles. The molecule has 1 aromatic rings. The fourth-order valence-corrected chi connectivity index (χ4v) is 1.48. The minimum atomic E-state index is -0.974. The van der Waals surface area contributed by atoms with E-state index in [-0.39, 0.29) is 5.69 Å². The van der Waals surface area contributed by atoms with Gasteiger partial charge >= 0.3 is 5.97 Å². The molecule has 0 spiro atoms. The molecule has 0 unspecified atom stereocenters. The van der Waals surface area contributed by atoms with Crippen LogP contribution in [-0.2, 0) is 13.0 Å². The molecule has 0 aromatic carbocycles. The van der Waals surface area contributed by atoms with Crippen molar-refractivity contribution in [1.29, 1.82) is 0 Å². The average molecular weight is 167 g/mol. The zero-order chi connectivity index (χ0) is 8.55. The zero-order valence-electron chi connectivity index (χ0n) is 6.53. The molecular weight excluding hydrogens is 158 g/mol. The molecule has 1 aliphatic heterocycles. The molecule has 5 heteroatoms.